The average Bonchev–Trinajstić information content (AvgIpc) is 2.50. The van der Waals surface area contributed by atoms with Crippen LogP contribution in [0.25, 0.3) is 0 Å². The van der Waals surface area contributed by atoms with Crippen molar-refractivity contribution in [3.05, 3.63) is 29.8 Å². The molecule has 0 radical (unpaired) electrons. The largest absolute Gasteiger partial charge is 0.508 e. The molecule has 0 bridgehead atoms. The Morgan fingerprint density at radius 2 is 1.50 bits per heavy atom. The van der Waals surface area contributed by atoms with Gasteiger partial charge in [0, 0.05) is 6.42 Å². The summed E-state index contributed by atoms with van der Waals surface area (Å²) >= 11 is 0. The molecule has 1 atom stereocenters. The Bertz CT molecular complexity index is 590. The zero-order valence-electron chi connectivity index (χ0n) is 16.8. The molecule has 0 saturated carbocycles. The molecule has 5 heteroatoms. The average molecular weight is 364 g/mol. The van der Waals surface area contributed by atoms with Gasteiger partial charge in [0.25, 0.3) is 0 Å². The fraction of sp³-hybridized carbons (Fsp3) is 0.619. The summed E-state index contributed by atoms with van der Waals surface area (Å²) in [5.74, 6) is -0.743. The topological polar surface area (TPSA) is 72.8 Å². The highest BCUT2D eigenvalue weighted by Gasteiger charge is 2.35. The van der Waals surface area contributed by atoms with Crippen LogP contribution in [0.5, 0.6) is 5.75 Å². The van der Waals surface area contributed by atoms with Crippen molar-refractivity contribution in [3.8, 4) is 5.75 Å². The molecule has 0 amide bonds. The van der Waals surface area contributed by atoms with Crippen LogP contribution in [0.15, 0.2) is 24.3 Å². The molecule has 1 rings (SSSR count). The van der Waals surface area contributed by atoms with E-state index >= 15 is 0 Å². The van der Waals surface area contributed by atoms with Gasteiger partial charge in [-0.15, -0.1) is 0 Å². The van der Waals surface area contributed by atoms with Crippen molar-refractivity contribution in [2.24, 2.45) is 16.7 Å². The first kappa shape index (κ1) is 22.0. The minimum Gasteiger partial charge on any atom is -0.508 e. The lowest BCUT2D eigenvalue weighted by atomic mass is 9.72. The number of esters is 2. The van der Waals surface area contributed by atoms with Crippen LogP contribution < -0.4 is 0 Å². The summed E-state index contributed by atoms with van der Waals surface area (Å²) in [4.78, 5) is 24.3. The quantitative estimate of drug-likeness (QED) is 0.566. The molecule has 0 saturated heterocycles. The third kappa shape index (κ3) is 7.89. The second-order valence-electron chi connectivity index (χ2n) is 8.89. The third-order valence-corrected chi connectivity index (χ3v) is 4.02. The Hall–Kier alpha value is -2.04. The van der Waals surface area contributed by atoms with Gasteiger partial charge in [-0.1, -0.05) is 41.5 Å². The monoisotopic (exact) mass is 364 g/mol. The molecule has 0 aliphatic carbocycles. The SMILES string of the molecule is CC(C)(C)CC(C(=O)OCCCOC(=O)c1ccc(O)cc1)C(C)(C)C. The van der Waals surface area contributed by atoms with E-state index in [1.54, 1.807) is 0 Å². The standard InChI is InChI=1S/C21H32O5/c1-20(2,3)14-17(21(4,5)6)19(24)26-13-7-12-25-18(23)15-8-10-16(22)11-9-15/h8-11,17,22H,7,12-14H2,1-6H3. The molecule has 0 aromatic heterocycles. The number of rotatable bonds is 7. The lowest BCUT2D eigenvalue weighted by Gasteiger charge is -2.33. The van der Waals surface area contributed by atoms with Gasteiger partial charge in [0.2, 0.25) is 0 Å². The number of phenolic OH excluding ortho intramolecular Hbond substituents is 1. The number of hydrogen-bond acceptors (Lipinski definition) is 5. The molecule has 1 aromatic rings. The molecule has 1 aromatic carbocycles. The van der Waals surface area contributed by atoms with E-state index in [0.29, 0.717) is 12.0 Å². The molecule has 26 heavy (non-hydrogen) atoms. The van der Waals surface area contributed by atoms with Crippen molar-refractivity contribution in [3.63, 3.8) is 0 Å². The maximum atomic E-state index is 12.5. The number of ether oxygens (including phenoxy) is 2. The number of aromatic hydroxyl groups is 1. The fourth-order valence-corrected chi connectivity index (χ4v) is 2.53. The number of hydrogen-bond donors (Lipinski definition) is 1. The highest BCUT2D eigenvalue weighted by molar-refractivity contribution is 5.89. The zero-order chi connectivity index (χ0) is 20.0. The van der Waals surface area contributed by atoms with Crippen molar-refractivity contribution in [2.45, 2.75) is 54.4 Å². The van der Waals surface area contributed by atoms with Crippen molar-refractivity contribution in [2.75, 3.05) is 13.2 Å². The minimum atomic E-state index is -0.461. The van der Waals surface area contributed by atoms with E-state index in [1.807, 2.05) is 20.8 Å². The Morgan fingerprint density at radius 1 is 0.962 bits per heavy atom. The van der Waals surface area contributed by atoms with Crippen molar-refractivity contribution in [1.82, 2.24) is 0 Å². The van der Waals surface area contributed by atoms with E-state index in [4.69, 9.17) is 9.47 Å². The highest BCUT2D eigenvalue weighted by Crippen LogP contribution is 2.36. The van der Waals surface area contributed by atoms with Gasteiger partial charge >= 0.3 is 11.9 Å². The van der Waals surface area contributed by atoms with Crippen LogP contribution in [0.1, 0.15) is 64.7 Å². The Kier molecular flexibility index (Phi) is 7.67. The van der Waals surface area contributed by atoms with Crippen molar-refractivity contribution >= 4 is 11.9 Å². The summed E-state index contributed by atoms with van der Waals surface area (Å²) in [6.07, 6.45) is 1.20. The van der Waals surface area contributed by atoms with E-state index in [-0.39, 0.29) is 41.7 Å². The summed E-state index contributed by atoms with van der Waals surface area (Å²) in [6.45, 7) is 12.9. The summed E-state index contributed by atoms with van der Waals surface area (Å²) in [5.41, 5.74) is 0.240. The van der Waals surface area contributed by atoms with Crippen molar-refractivity contribution in [1.29, 1.82) is 0 Å². The number of carbonyl (C=O) groups excluding carboxylic acids is 2. The van der Waals surface area contributed by atoms with Crippen LogP contribution in [0, 0.1) is 16.7 Å². The predicted molar refractivity (Wildman–Crippen MR) is 101 cm³/mol. The highest BCUT2D eigenvalue weighted by atomic mass is 16.5. The van der Waals surface area contributed by atoms with E-state index in [0.717, 1.165) is 6.42 Å². The second kappa shape index (κ2) is 9.06. The smallest absolute Gasteiger partial charge is 0.338 e. The first-order valence-electron chi connectivity index (χ1n) is 9.03. The molecular formula is C21H32O5. The van der Waals surface area contributed by atoms with Crippen LogP contribution in [-0.4, -0.2) is 30.3 Å². The van der Waals surface area contributed by atoms with E-state index in [9.17, 15) is 14.7 Å². The van der Waals surface area contributed by atoms with Gasteiger partial charge in [0.05, 0.1) is 24.7 Å². The zero-order valence-corrected chi connectivity index (χ0v) is 16.8. The van der Waals surface area contributed by atoms with Crippen LogP contribution in [0.3, 0.4) is 0 Å². The van der Waals surface area contributed by atoms with Crippen LogP contribution in [0.2, 0.25) is 0 Å². The van der Waals surface area contributed by atoms with Gasteiger partial charge in [0.1, 0.15) is 5.75 Å². The molecule has 0 aliphatic rings. The molecular weight excluding hydrogens is 332 g/mol. The Morgan fingerprint density at radius 3 is 2.00 bits per heavy atom. The molecule has 0 spiro atoms. The maximum absolute atomic E-state index is 12.5. The minimum absolute atomic E-state index is 0.0383. The van der Waals surface area contributed by atoms with Gasteiger partial charge in [-0.05, 0) is 41.5 Å². The van der Waals surface area contributed by atoms with Gasteiger partial charge in [0.15, 0.2) is 0 Å². The molecule has 0 aliphatic heterocycles. The second-order valence-corrected chi connectivity index (χ2v) is 8.89. The molecule has 0 fully saturated rings. The van der Waals surface area contributed by atoms with Crippen LogP contribution in [0.4, 0.5) is 0 Å². The van der Waals surface area contributed by atoms with Crippen LogP contribution in [-0.2, 0) is 14.3 Å². The molecule has 5 nitrogen and oxygen atoms in total. The summed E-state index contributed by atoms with van der Waals surface area (Å²) < 4.78 is 10.6. The Labute approximate surface area is 156 Å². The lowest BCUT2D eigenvalue weighted by molar-refractivity contribution is -0.154. The lowest BCUT2D eigenvalue weighted by Crippen LogP contribution is -2.34. The first-order chi connectivity index (χ1) is 11.9. The van der Waals surface area contributed by atoms with E-state index in [2.05, 4.69) is 20.8 Å². The number of phenols is 1. The third-order valence-electron chi connectivity index (χ3n) is 4.02. The summed E-state index contributed by atoms with van der Waals surface area (Å²) in [6, 6.07) is 5.86. The van der Waals surface area contributed by atoms with Crippen LogP contribution >= 0.6 is 0 Å². The summed E-state index contributed by atoms with van der Waals surface area (Å²) in [5, 5.41) is 9.21. The van der Waals surface area contributed by atoms with Crippen molar-refractivity contribution < 1.29 is 24.2 Å². The number of benzene rings is 1. The molecule has 1 unspecified atom stereocenters. The van der Waals surface area contributed by atoms with Gasteiger partial charge in [-0.3, -0.25) is 4.79 Å². The van der Waals surface area contributed by atoms with E-state index in [1.165, 1.54) is 24.3 Å². The predicted octanol–water partition coefficient (Wildman–Crippen LogP) is 4.58. The Balaban J connectivity index is 2.40. The maximum Gasteiger partial charge on any atom is 0.338 e. The summed E-state index contributed by atoms with van der Waals surface area (Å²) in [7, 11) is 0. The van der Waals surface area contributed by atoms with Gasteiger partial charge in [-0.2, -0.15) is 0 Å². The molecule has 146 valence electrons. The normalized spacial score (nSPS) is 13.2. The first-order valence-corrected chi connectivity index (χ1v) is 9.03. The fourth-order valence-electron chi connectivity index (χ4n) is 2.53. The molecule has 0 heterocycles. The van der Waals surface area contributed by atoms with Gasteiger partial charge < -0.3 is 14.6 Å². The molecule has 1 N–H and O–H groups in total. The van der Waals surface area contributed by atoms with Gasteiger partial charge in [-0.25, -0.2) is 4.79 Å². The number of carbonyl (C=O) groups is 2. The van der Waals surface area contributed by atoms with E-state index < -0.39 is 5.97 Å².